The minimum absolute atomic E-state index is 0.166. The average molecular weight is 342 g/mol. The van der Waals surface area contributed by atoms with Gasteiger partial charge >= 0.3 is 0 Å². The smallest absolute Gasteiger partial charge is 0.268 e. The van der Waals surface area contributed by atoms with Crippen molar-refractivity contribution >= 4 is 16.8 Å². The molecule has 7 nitrogen and oxygen atoms in total. The zero-order valence-corrected chi connectivity index (χ0v) is 14.8. The van der Waals surface area contributed by atoms with Gasteiger partial charge in [0.15, 0.2) is 0 Å². The normalized spacial score (nSPS) is 12.3. The predicted molar refractivity (Wildman–Crippen MR) is 94.8 cm³/mol. The van der Waals surface area contributed by atoms with Crippen LogP contribution in [0.2, 0.25) is 0 Å². The first-order valence-corrected chi connectivity index (χ1v) is 7.96. The van der Waals surface area contributed by atoms with Crippen molar-refractivity contribution in [3.63, 3.8) is 0 Å². The minimum Gasteiger partial charge on any atom is -0.497 e. The third-order valence-electron chi connectivity index (χ3n) is 4.34. The van der Waals surface area contributed by atoms with Crippen LogP contribution in [0.25, 0.3) is 10.9 Å². The molecule has 0 aliphatic rings. The maximum Gasteiger partial charge on any atom is 0.268 e. The first-order chi connectivity index (χ1) is 12.0. The van der Waals surface area contributed by atoms with Gasteiger partial charge in [-0.05, 0) is 30.3 Å². The lowest BCUT2D eigenvalue weighted by Gasteiger charge is -2.18. The van der Waals surface area contributed by atoms with E-state index in [0.717, 1.165) is 22.3 Å². The average Bonchev–Trinajstić information content (AvgIpc) is 3.17. The summed E-state index contributed by atoms with van der Waals surface area (Å²) in [6.07, 6.45) is 1.70. The molecule has 0 aliphatic carbocycles. The van der Waals surface area contributed by atoms with E-state index in [2.05, 4.69) is 10.4 Å². The molecular weight excluding hydrogens is 320 g/mol. The van der Waals surface area contributed by atoms with E-state index in [1.807, 2.05) is 49.0 Å². The monoisotopic (exact) mass is 342 g/mol. The Bertz CT molecular complexity index is 897. The molecule has 132 valence electrons. The Kier molecular flexibility index (Phi) is 4.76. The lowest BCUT2D eigenvalue weighted by molar-refractivity contribution is 0.0884. The van der Waals surface area contributed by atoms with Crippen LogP contribution >= 0.6 is 0 Å². The molecule has 0 spiro atoms. The number of ether oxygens (including phenoxy) is 2. The number of hydrogen-bond donors (Lipinski definition) is 1. The van der Waals surface area contributed by atoms with Crippen molar-refractivity contribution < 1.29 is 14.3 Å². The first kappa shape index (κ1) is 17.0. The van der Waals surface area contributed by atoms with Crippen LogP contribution in [-0.4, -0.2) is 41.1 Å². The highest BCUT2D eigenvalue weighted by atomic mass is 16.5. The number of fused-ring (bicyclic) bond motifs is 1. The van der Waals surface area contributed by atoms with E-state index in [1.165, 1.54) is 0 Å². The van der Waals surface area contributed by atoms with Crippen molar-refractivity contribution in [1.29, 1.82) is 0 Å². The van der Waals surface area contributed by atoms with Crippen LogP contribution in [0.4, 0.5) is 0 Å². The van der Waals surface area contributed by atoms with Gasteiger partial charge < -0.3 is 19.4 Å². The SMILES string of the molecule is COC[C@H](NC(=O)c1cc2cc(OC)ccc2n1C)c1ccnn1C. The molecule has 0 aliphatic heterocycles. The summed E-state index contributed by atoms with van der Waals surface area (Å²) in [6.45, 7) is 0.364. The summed E-state index contributed by atoms with van der Waals surface area (Å²) in [4.78, 5) is 12.8. The van der Waals surface area contributed by atoms with E-state index in [1.54, 1.807) is 25.1 Å². The van der Waals surface area contributed by atoms with E-state index in [4.69, 9.17) is 9.47 Å². The highest BCUT2D eigenvalue weighted by molar-refractivity contribution is 5.99. The van der Waals surface area contributed by atoms with Gasteiger partial charge in [-0.1, -0.05) is 0 Å². The Morgan fingerprint density at radius 3 is 2.68 bits per heavy atom. The zero-order valence-electron chi connectivity index (χ0n) is 14.8. The van der Waals surface area contributed by atoms with Crippen LogP contribution in [0.15, 0.2) is 36.5 Å². The summed E-state index contributed by atoms with van der Waals surface area (Å²) < 4.78 is 14.1. The van der Waals surface area contributed by atoms with Crippen LogP contribution in [0.1, 0.15) is 22.2 Å². The predicted octanol–water partition coefficient (Wildman–Crippen LogP) is 2.04. The lowest BCUT2D eigenvalue weighted by Crippen LogP contribution is -2.33. The molecule has 0 bridgehead atoms. The number of hydrogen-bond acceptors (Lipinski definition) is 4. The van der Waals surface area contributed by atoms with Crippen LogP contribution in [-0.2, 0) is 18.8 Å². The van der Waals surface area contributed by atoms with E-state index in [0.29, 0.717) is 12.3 Å². The number of carbonyl (C=O) groups is 1. The first-order valence-electron chi connectivity index (χ1n) is 7.96. The number of rotatable bonds is 6. The number of aryl methyl sites for hydroxylation is 2. The number of methoxy groups -OCH3 is 2. The maximum atomic E-state index is 12.8. The maximum absolute atomic E-state index is 12.8. The topological polar surface area (TPSA) is 70.3 Å². The van der Waals surface area contributed by atoms with E-state index >= 15 is 0 Å². The number of nitrogens with one attached hydrogen (secondary N) is 1. The summed E-state index contributed by atoms with van der Waals surface area (Å²) in [5, 5.41) is 8.15. The summed E-state index contributed by atoms with van der Waals surface area (Å²) >= 11 is 0. The largest absolute Gasteiger partial charge is 0.497 e. The summed E-state index contributed by atoms with van der Waals surface area (Å²) in [6, 6.07) is 9.19. The van der Waals surface area contributed by atoms with Crippen LogP contribution < -0.4 is 10.1 Å². The molecule has 3 aromatic rings. The molecule has 0 saturated heterocycles. The molecule has 7 heteroatoms. The molecule has 1 aromatic carbocycles. The Labute approximate surface area is 146 Å². The highest BCUT2D eigenvalue weighted by Crippen LogP contribution is 2.24. The number of amides is 1. The summed E-state index contributed by atoms with van der Waals surface area (Å²) in [7, 11) is 6.95. The summed E-state index contributed by atoms with van der Waals surface area (Å²) in [5.74, 6) is 0.595. The van der Waals surface area contributed by atoms with Crippen LogP contribution in [0.5, 0.6) is 5.75 Å². The fraction of sp³-hybridized carbons (Fsp3) is 0.333. The van der Waals surface area contributed by atoms with Crippen molar-refractivity contribution in [2.75, 3.05) is 20.8 Å². The van der Waals surface area contributed by atoms with Crippen molar-refractivity contribution in [3.05, 3.63) is 47.9 Å². The molecule has 0 unspecified atom stereocenters. The number of aromatic nitrogens is 3. The number of benzene rings is 1. The van der Waals surface area contributed by atoms with Gasteiger partial charge in [-0.3, -0.25) is 9.48 Å². The van der Waals surface area contributed by atoms with Gasteiger partial charge in [0.2, 0.25) is 0 Å². The molecule has 0 saturated carbocycles. The van der Waals surface area contributed by atoms with Crippen molar-refractivity contribution in [1.82, 2.24) is 19.7 Å². The molecule has 2 heterocycles. The van der Waals surface area contributed by atoms with Gasteiger partial charge in [0.1, 0.15) is 11.4 Å². The van der Waals surface area contributed by atoms with Crippen molar-refractivity contribution in [3.8, 4) is 5.75 Å². The Morgan fingerprint density at radius 1 is 1.24 bits per heavy atom. The highest BCUT2D eigenvalue weighted by Gasteiger charge is 2.21. The Balaban J connectivity index is 1.90. The molecule has 25 heavy (non-hydrogen) atoms. The number of nitrogens with zero attached hydrogens (tertiary/aromatic N) is 3. The van der Waals surface area contributed by atoms with Gasteiger partial charge in [-0.2, -0.15) is 5.10 Å². The zero-order chi connectivity index (χ0) is 18.0. The second-order valence-corrected chi connectivity index (χ2v) is 5.87. The second kappa shape index (κ2) is 6.98. The lowest BCUT2D eigenvalue weighted by atomic mass is 10.2. The van der Waals surface area contributed by atoms with Gasteiger partial charge in [-0.25, -0.2) is 0 Å². The van der Waals surface area contributed by atoms with E-state index in [-0.39, 0.29) is 11.9 Å². The van der Waals surface area contributed by atoms with Gasteiger partial charge in [0, 0.05) is 38.3 Å². The minimum atomic E-state index is -0.280. The van der Waals surface area contributed by atoms with Gasteiger partial charge in [0.25, 0.3) is 5.91 Å². The molecular formula is C18H22N4O3. The molecule has 2 aromatic heterocycles. The van der Waals surface area contributed by atoms with E-state index < -0.39 is 0 Å². The quantitative estimate of drug-likeness (QED) is 0.744. The molecule has 0 fully saturated rings. The Hall–Kier alpha value is -2.80. The van der Waals surface area contributed by atoms with Crippen molar-refractivity contribution in [2.24, 2.45) is 14.1 Å². The third-order valence-corrected chi connectivity index (χ3v) is 4.34. The second-order valence-electron chi connectivity index (χ2n) is 5.87. The molecule has 3 rings (SSSR count). The molecule has 1 amide bonds. The van der Waals surface area contributed by atoms with Crippen LogP contribution in [0.3, 0.4) is 0 Å². The molecule has 1 N–H and O–H groups in total. The van der Waals surface area contributed by atoms with Crippen LogP contribution in [0, 0.1) is 0 Å². The third kappa shape index (κ3) is 3.23. The van der Waals surface area contributed by atoms with Gasteiger partial charge in [0.05, 0.1) is 25.5 Å². The van der Waals surface area contributed by atoms with Gasteiger partial charge in [-0.15, -0.1) is 0 Å². The molecule has 1 atom stereocenters. The number of carbonyl (C=O) groups excluding carboxylic acids is 1. The van der Waals surface area contributed by atoms with E-state index in [9.17, 15) is 4.79 Å². The fourth-order valence-electron chi connectivity index (χ4n) is 3.00. The molecule has 0 radical (unpaired) electrons. The van der Waals surface area contributed by atoms with Crippen molar-refractivity contribution in [2.45, 2.75) is 6.04 Å². The standard InChI is InChI=1S/C18H22N4O3/c1-21-15-6-5-13(25-4)9-12(15)10-17(21)18(23)20-14(11-24-3)16-7-8-19-22(16)2/h5-10,14H,11H2,1-4H3,(H,20,23)/t14-/m0/s1. The Morgan fingerprint density at radius 2 is 2.04 bits per heavy atom. The fourth-order valence-corrected chi connectivity index (χ4v) is 3.00. The summed E-state index contributed by atoms with van der Waals surface area (Å²) in [5.41, 5.74) is 2.43.